The third-order valence-electron chi connectivity index (χ3n) is 1.24. The number of unbranched alkanes of at least 4 members (excludes halogenated alkanes) is 2. The Kier molecular flexibility index (Phi) is 5.93. The highest BCUT2D eigenvalue weighted by Crippen LogP contribution is 2.09. The second-order valence-corrected chi connectivity index (χ2v) is 2.72. The largest absolute Gasteiger partial charge is 0.295 e. The minimum absolute atomic E-state index is 0.538. The first-order chi connectivity index (χ1) is 5.16. The highest BCUT2D eigenvalue weighted by atomic mass is 35.5. The highest BCUT2D eigenvalue weighted by molar-refractivity contribution is 6.19. The number of alkyl halides is 1. The monoisotopic (exact) mass is 181 g/mol. The molecule has 4 nitrogen and oxygen atoms in total. The Labute approximate surface area is 70.6 Å². The van der Waals surface area contributed by atoms with E-state index in [1.54, 1.807) is 0 Å². The summed E-state index contributed by atoms with van der Waals surface area (Å²) in [5.41, 5.74) is -0.781. The number of rotatable bonds is 6. The third-order valence-corrected chi connectivity index (χ3v) is 1.53. The number of hydrogen-bond acceptors (Lipinski definition) is 3. The van der Waals surface area contributed by atoms with Gasteiger partial charge >= 0.3 is 0 Å². The van der Waals surface area contributed by atoms with Crippen LogP contribution in [0.2, 0.25) is 0 Å². The van der Waals surface area contributed by atoms with Gasteiger partial charge in [-0.3, -0.25) is 4.84 Å². The highest BCUT2D eigenvalue weighted by Gasteiger charge is 2.07. The van der Waals surface area contributed by atoms with Crippen LogP contribution in [0.1, 0.15) is 32.6 Å². The smallest absolute Gasteiger partial charge is 0.295 e. The molecule has 0 amide bonds. The van der Waals surface area contributed by atoms with Crippen molar-refractivity contribution in [3.8, 4) is 0 Å². The maximum Gasteiger partial charge on any atom is 0.295 e. The van der Waals surface area contributed by atoms with Gasteiger partial charge in [-0.25, -0.2) is 0 Å². The normalized spacial score (nSPS) is 12.5. The molecule has 1 unspecified atom stereocenters. The summed E-state index contributed by atoms with van der Waals surface area (Å²) in [7, 11) is 0. The van der Waals surface area contributed by atoms with Gasteiger partial charge in [0.25, 0.3) is 5.09 Å². The molecular formula is C6H12ClNO3. The van der Waals surface area contributed by atoms with Gasteiger partial charge in [0, 0.05) is 0 Å². The number of halogens is 1. The van der Waals surface area contributed by atoms with Crippen LogP contribution >= 0.6 is 11.6 Å². The molecule has 0 saturated heterocycles. The molecule has 0 aromatic heterocycles. The van der Waals surface area contributed by atoms with Crippen molar-refractivity contribution in [3.63, 3.8) is 0 Å². The second kappa shape index (κ2) is 6.22. The Morgan fingerprint density at radius 3 is 2.73 bits per heavy atom. The van der Waals surface area contributed by atoms with Gasteiger partial charge in [-0.15, -0.1) is 10.1 Å². The zero-order valence-corrected chi connectivity index (χ0v) is 7.21. The van der Waals surface area contributed by atoms with Gasteiger partial charge in [0.05, 0.1) is 0 Å². The molecule has 0 saturated carbocycles. The topological polar surface area (TPSA) is 52.4 Å². The quantitative estimate of drug-likeness (QED) is 0.274. The zero-order chi connectivity index (χ0) is 8.69. The van der Waals surface area contributed by atoms with Crippen LogP contribution in [-0.4, -0.2) is 10.6 Å². The Morgan fingerprint density at radius 1 is 1.64 bits per heavy atom. The molecule has 1 atom stereocenters. The lowest BCUT2D eigenvalue weighted by molar-refractivity contribution is -0.762. The fourth-order valence-electron chi connectivity index (χ4n) is 0.701. The summed E-state index contributed by atoms with van der Waals surface area (Å²) in [4.78, 5) is 13.8. The maximum absolute atomic E-state index is 9.74. The molecule has 66 valence electrons. The van der Waals surface area contributed by atoms with Gasteiger partial charge < -0.3 is 0 Å². The molecule has 0 bridgehead atoms. The van der Waals surface area contributed by atoms with Crippen molar-refractivity contribution in [2.24, 2.45) is 0 Å². The van der Waals surface area contributed by atoms with Crippen LogP contribution in [0.25, 0.3) is 0 Å². The van der Waals surface area contributed by atoms with Crippen LogP contribution in [0.4, 0.5) is 0 Å². The van der Waals surface area contributed by atoms with Gasteiger partial charge in [0.15, 0.2) is 5.56 Å². The average Bonchev–Trinajstić information content (AvgIpc) is 1.86. The molecule has 0 fully saturated rings. The fraction of sp³-hybridized carbons (Fsp3) is 1.00. The van der Waals surface area contributed by atoms with Gasteiger partial charge in [0.2, 0.25) is 0 Å². The van der Waals surface area contributed by atoms with Gasteiger partial charge in [-0.1, -0.05) is 37.8 Å². The van der Waals surface area contributed by atoms with E-state index in [1.807, 2.05) is 0 Å². The van der Waals surface area contributed by atoms with E-state index in [9.17, 15) is 10.1 Å². The molecule has 0 aromatic carbocycles. The summed E-state index contributed by atoms with van der Waals surface area (Å²) in [6, 6.07) is 0. The summed E-state index contributed by atoms with van der Waals surface area (Å²) in [5, 5.41) is 8.88. The van der Waals surface area contributed by atoms with Gasteiger partial charge in [-0.2, -0.15) is 0 Å². The van der Waals surface area contributed by atoms with Crippen molar-refractivity contribution >= 4 is 11.6 Å². The maximum atomic E-state index is 9.74. The zero-order valence-electron chi connectivity index (χ0n) is 6.46. The summed E-state index contributed by atoms with van der Waals surface area (Å²) in [5.74, 6) is 0. The van der Waals surface area contributed by atoms with Gasteiger partial charge in [-0.05, 0) is 6.42 Å². The van der Waals surface area contributed by atoms with Crippen LogP contribution in [0.3, 0.4) is 0 Å². The van der Waals surface area contributed by atoms with Crippen molar-refractivity contribution in [1.82, 2.24) is 0 Å². The lowest BCUT2D eigenvalue weighted by Crippen LogP contribution is -2.10. The Hall–Kier alpha value is -0.510. The first kappa shape index (κ1) is 10.5. The van der Waals surface area contributed by atoms with E-state index in [1.165, 1.54) is 0 Å². The van der Waals surface area contributed by atoms with Crippen molar-refractivity contribution in [2.75, 3.05) is 0 Å². The first-order valence-corrected chi connectivity index (χ1v) is 4.05. The molecular weight excluding hydrogens is 170 g/mol. The summed E-state index contributed by atoms with van der Waals surface area (Å²) < 4.78 is 0. The van der Waals surface area contributed by atoms with E-state index in [-0.39, 0.29) is 0 Å². The Bertz CT molecular complexity index is 120. The fourth-order valence-corrected chi connectivity index (χ4v) is 0.920. The minimum atomic E-state index is -0.858. The van der Waals surface area contributed by atoms with E-state index < -0.39 is 10.6 Å². The number of hydrogen-bond donors (Lipinski definition) is 0. The molecule has 0 N–H and O–H groups in total. The lowest BCUT2D eigenvalue weighted by Gasteiger charge is -2.04. The second-order valence-electron chi connectivity index (χ2n) is 2.23. The van der Waals surface area contributed by atoms with E-state index in [0.29, 0.717) is 6.42 Å². The van der Waals surface area contributed by atoms with Crippen molar-refractivity contribution in [3.05, 3.63) is 10.1 Å². The summed E-state index contributed by atoms with van der Waals surface area (Å²) in [6.45, 7) is 2.05. The van der Waals surface area contributed by atoms with Crippen molar-refractivity contribution in [2.45, 2.75) is 38.2 Å². The van der Waals surface area contributed by atoms with E-state index in [4.69, 9.17) is 11.6 Å². The summed E-state index contributed by atoms with van der Waals surface area (Å²) >= 11 is 5.45. The van der Waals surface area contributed by atoms with Crippen LogP contribution in [0, 0.1) is 10.1 Å². The molecule has 0 radical (unpaired) electrons. The molecule has 0 rings (SSSR count). The van der Waals surface area contributed by atoms with Crippen LogP contribution < -0.4 is 0 Å². The average molecular weight is 182 g/mol. The predicted molar refractivity (Wildman–Crippen MR) is 41.9 cm³/mol. The van der Waals surface area contributed by atoms with E-state index in [2.05, 4.69) is 11.8 Å². The van der Waals surface area contributed by atoms with E-state index >= 15 is 0 Å². The Balaban J connectivity index is 3.22. The molecule has 0 aliphatic rings. The van der Waals surface area contributed by atoms with Crippen LogP contribution in [0.5, 0.6) is 0 Å². The minimum Gasteiger partial charge on any atom is -0.295 e. The Morgan fingerprint density at radius 2 is 2.27 bits per heavy atom. The molecule has 0 spiro atoms. The molecule has 0 heterocycles. The van der Waals surface area contributed by atoms with Crippen molar-refractivity contribution in [1.29, 1.82) is 0 Å². The van der Waals surface area contributed by atoms with Gasteiger partial charge in [0.1, 0.15) is 0 Å². The molecule has 11 heavy (non-hydrogen) atoms. The first-order valence-electron chi connectivity index (χ1n) is 3.62. The molecule has 0 aliphatic carbocycles. The number of nitrogens with zero attached hydrogens (tertiary/aromatic N) is 1. The predicted octanol–water partition coefficient (Wildman–Crippen LogP) is 2.34. The SMILES string of the molecule is CCCCCC(Cl)O[N+](=O)[O-]. The molecule has 0 aliphatic heterocycles. The molecule has 5 heteroatoms. The third kappa shape index (κ3) is 7.39. The summed E-state index contributed by atoms with van der Waals surface area (Å²) in [6.07, 6.45) is 3.52. The van der Waals surface area contributed by atoms with E-state index in [0.717, 1.165) is 19.3 Å². The van der Waals surface area contributed by atoms with Crippen LogP contribution in [-0.2, 0) is 4.84 Å². The molecule has 0 aromatic rings. The lowest BCUT2D eigenvalue weighted by atomic mass is 10.2. The standard InChI is InChI=1S/C6H12ClNO3/c1-2-3-4-5-6(7)11-8(9)10/h6H,2-5H2,1H3. The van der Waals surface area contributed by atoms with Crippen molar-refractivity contribution < 1.29 is 9.92 Å². The van der Waals surface area contributed by atoms with Crippen LogP contribution in [0.15, 0.2) is 0 Å².